The van der Waals surface area contributed by atoms with Crippen LogP contribution >= 0.6 is 0 Å². The van der Waals surface area contributed by atoms with Crippen LogP contribution in [0.4, 0.5) is 0 Å². The second-order valence-electron chi connectivity index (χ2n) is 3.89. The summed E-state index contributed by atoms with van der Waals surface area (Å²) in [5, 5.41) is 0. The summed E-state index contributed by atoms with van der Waals surface area (Å²) in [6.45, 7) is 7.27. The van der Waals surface area contributed by atoms with Crippen molar-refractivity contribution in [3.05, 3.63) is 0 Å². The molecule has 0 heterocycles. The summed E-state index contributed by atoms with van der Waals surface area (Å²) in [6.07, 6.45) is 1.92. The van der Waals surface area contributed by atoms with E-state index in [1.165, 1.54) is 0 Å². The minimum absolute atomic E-state index is 0.0988. The maximum Gasteiger partial charge on any atom is 0.251 e. The topological polar surface area (TPSA) is 58.4 Å². The van der Waals surface area contributed by atoms with Gasteiger partial charge in [-0.05, 0) is 19.4 Å². The Morgan fingerprint density at radius 2 is 2.00 bits per heavy atom. The number of amides is 1. The average molecular weight is 201 g/mol. The van der Waals surface area contributed by atoms with Crippen LogP contribution in [-0.4, -0.2) is 30.4 Å². The zero-order valence-corrected chi connectivity index (χ0v) is 9.71. The van der Waals surface area contributed by atoms with Gasteiger partial charge in [-0.1, -0.05) is 27.2 Å². The summed E-state index contributed by atoms with van der Waals surface area (Å²) in [4.78, 5) is 13.4. The molecule has 0 bridgehead atoms. The first-order chi connectivity index (χ1) is 6.56. The normalized spacial score (nSPS) is 15.3. The lowest BCUT2D eigenvalue weighted by molar-refractivity contribution is -0.126. The van der Waals surface area contributed by atoms with Gasteiger partial charge in [-0.3, -0.25) is 15.1 Å². The van der Waals surface area contributed by atoms with E-state index in [2.05, 4.69) is 24.2 Å². The van der Waals surface area contributed by atoms with Crippen LogP contribution in [0.25, 0.3) is 0 Å². The lowest BCUT2D eigenvalue weighted by Gasteiger charge is -2.27. The van der Waals surface area contributed by atoms with E-state index in [-0.39, 0.29) is 11.9 Å². The number of rotatable bonds is 6. The Morgan fingerprint density at radius 3 is 2.36 bits per heavy atom. The fraction of sp³-hybridized carbons (Fsp3) is 0.900. The van der Waals surface area contributed by atoms with Crippen LogP contribution in [-0.2, 0) is 4.79 Å². The summed E-state index contributed by atoms with van der Waals surface area (Å²) < 4.78 is 0. The summed E-state index contributed by atoms with van der Waals surface area (Å²) in [6, 6.07) is -0.103. The van der Waals surface area contributed by atoms with Crippen molar-refractivity contribution in [2.45, 2.75) is 39.7 Å². The lowest BCUT2D eigenvalue weighted by atomic mass is 10.1. The first kappa shape index (κ1) is 13.4. The zero-order valence-electron chi connectivity index (χ0n) is 9.71. The fourth-order valence-corrected chi connectivity index (χ4v) is 1.54. The van der Waals surface area contributed by atoms with Gasteiger partial charge in [0.05, 0.1) is 6.04 Å². The van der Waals surface area contributed by atoms with E-state index in [0.717, 1.165) is 19.4 Å². The van der Waals surface area contributed by atoms with Crippen LogP contribution in [0.15, 0.2) is 0 Å². The van der Waals surface area contributed by atoms with Crippen molar-refractivity contribution in [3.63, 3.8) is 0 Å². The average Bonchev–Trinajstić information content (AvgIpc) is 2.18. The Bertz CT molecular complexity index is 173. The van der Waals surface area contributed by atoms with E-state index in [9.17, 15) is 4.79 Å². The molecule has 0 aliphatic carbocycles. The van der Waals surface area contributed by atoms with E-state index >= 15 is 0 Å². The molecule has 0 aromatic heterocycles. The smallest absolute Gasteiger partial charge is 0.251 e. The third-order valence-corrected chi connectivity index (χ3v) is 2.66. The Kier molecular flexibility index (Phi) is 6.49. The van der Waals surface area contributed by atoms with Crippen molar-refractivity contribution in [3.8, 4) is 0 Å². The Hall–Kier alpha value is -0.610. The molecule has 0 saturated heterocycles. The standard InChI is InChI=1S/C10H23N3O/c1-5-8(3)7-13(4)9(6-2)10(14)12-11/h8-9H,5-7,11H2,1-4H3,(H,12,14). The highest BCUT2D eigenvalue weighted by Crippen LogP contribution is 2.08. The molecule has 0 fully saturated rings. The van der Waals surface area contributed by atoms with E-state index in [1.807, 2.05) is 14.0 Å². The Morgan fingerprint density at radius 1 is 1.43 bits per heavy atom. The van der Waals surface area contributed by atoms with Gasteiger partial charge >= 0.3 is 0 Å². The van der Waals surface area contributed by atoms with Crippen LogP contribution in [0, 0.1) is 5.92 Å². The van der Waals surface area contributed by atoms with Crippen LogP contribution in [0.2, 0.25) is 0 Å². The number of carbonyl (C=O) groups is 1. The van der Waals surface area contributed by atoms with Crippen molar-refractivity contribution in [2.75, 3.05) is 13.6 Å². The molecular weight excluding hydrogens is 178 g/mol. The van der Waals surface area contributed by atoms with Gasteiger partial charge < -0.3 is 0 Å². The molecule has 2 atom stereocenters. The molecule has 0 aliphatic rings. The molecule has 4 heteroatoms. The quantitative estimate of drug-likeness (QED) is 0.378. The highest BCUT2D eigenvalue weighted by atomic mass is 16.2. The molecule has 2 unspecified atom stereocenters. The monoisotopic (exact) mass is 201 g/mol. The Balaban J connectivity index is 4.16. The maximum absolute atomic E-state index is 11.4. The summed E-state index contributed by atoms with van der Waals surface area (Å²) >= 11 is 0. The first-order valence-electron chi connectivity index (χ1n) is 5.27. The predicted octanol–water partition coefficient (Wildman–Crippen LogP) is 0.733. The number of nitrogens with two attached hydrogens (primary N) is 1. The van der Waals surface area contributed by atoms with Crippen LogP contribution in [0.3, 0.4) is 0 Å². The number of hydrogen-bond donors (Lipinski definition) is 2. The van der Waals surface area contributed by atoms with Crippen LogP contribution < -0.4 is 11.3 Å². The van der Waals surface area contributed by atoms with Gasteiger partial charge in [0.1, 0.15) is 0 Å². The highest BCUT2D eigenvalue weighted by Gasteiger charge is 2.21. The number of nitrogens with one attached hydrogen (secondary N) is 1. The molecule has 0 saturated carbocycles. The van der Waals surface area contributed by atoms with Gasteiger partial charge in [-0.25, -0.2) is 5.84 Å². The van der Waals surface area contributed by atoms with Crippen LogP contribution in [0.5, 0.6) is 0 Å². The molecular formula is C10H23N3O. The first-order valence-corrected chi connectivity index (χ1v) is 5.27. The number of hydrogen-bond acceptors (Lipinski definition) is 3. The predicted molar refractivity (Wildman–Crippen MR) is 58.5 cm³/mol. The summed E-state index contributed by atoms with van der Waals surface area (Å²) in [5.74, 6) is 5.64. The van der Waals surface area contributed by atoms with Gasteiger partial charge in [0.15, 0.2) is 0 Å². The molecule has 14 heavy (non-hydrogen) atoms. The molecule has 0 aliphatic heterocycles. The molecule has 0 spiro atoms. The van der Waals surface area contributed by atoms with E-state index in [1.54, 1.807) is 0 Å². The molecule has 4 nitrogen and oxygen atoms in total. The minimum Gasteiger partial charge on any atom is -0.295 e. The van der Waals surface area contributed by atoms with Gasteiger partial charge in [0.2, 0.25) is 0 Å². The van der Waals surface area contributed by atoms with E-state index in [4.69, 9.17) is 5.84 Å². The Labute approximate surface area is 86.8 Å². The largest absolute Gasteiger partial charge is 0.295 e. The molecule has 0 radical (unpaired) electrons. The second kappa shape index (κ2) is 6.79. The van der Waals surface area contributed by atoms with Gasteiger partial charge in [-0.15, -0.1) is 0 Å². The minimum atomic E-state index is -0.103. The highest BCUT2D eigenvalue weighted by molar-refractivity contribution is 5.80. The molecule has 0 aromatic rings. The third kappa shape index (κ3) is 4.07. The van der Waals surface area contributed by atoms with Crippen molar-refractivity contribution in [1.29, 1.82) is 0 Å². The van der Waals surface area contributed by atoms with Crippen molar-refractivity contribution in [1.82, 2.24) is 10.3 Å². The summed E-state index contributed by atoms with van der Waals surface area (Å²) in [5.41, 5.74) is 2.21. The number of carbonyl (C=O) groups excluding carboxylic acids is 1. The maximum atomic E-state index is 11.4. The summed E-state index contributed by atoms with van der Waals surface area (Å²) in [7, 11) is 1.97. The number of nitrogens with zero attached hydrogens (tertiary/aromatic N) is 1. The SMILES string of the molecule is CCC(C)CN(C)C(CC)C(=O)NN. The molecule has 0 rings (SSSR count). The van der Waals surface area contributed by atoms with E-state index < -0.39 is 0 Å². The number of likely N-dealkylation sites (N-methyl/N-ethyl adjacent to an activating group) is 1. The van der Waals surface area contributed by atoms with E-state index in [0.29, 0.717) is 5.92 Å². The molecule has 84 valence electrons. The number of hydrazine groups is 1. The lowest BCUT2D eigenvalue weighted by Crippen LogP contribution is -2.48. The third-order valence-electron chi connectivity index (χ3n) is 2.66. The molecule has 1 amide bonds. The van der Waals surface area contributed by atoms with Crippen molar-refractivity contribution < 1.29 is 4.79 Å². The van der Waals surface area contributed by atoms with Gasteiger partial charge in [0.25, 0.3) is 5.91 Å². The van der Waals surface area contributed by atoms with Crippen molar-refractivity contribution >= 4 is 5.91 Å². The van der Waals surface area contributed by atoms with Gasteiger partial charge in [-0.2, -0.15) is 0 Å². The van der Waals surface area contributed by atoms with Gasteiger partial charge in [0, 0.05) is 6.54 Å². The fourth-order valence-electron chi connectivity index (χ4n) is 1.54. The van der Waals surface area contributed by atoms with Crippen molar-refractivity contribution in [2.24, 2.45) is 11.8 Å². The molecule has 3 N–H and O–H groups in total. The van der Waals surface area contributed by atoms with Crippen LogP contribution in [0.1, 0.15) is 33.6 Å². The zero-order chi connectivity index (χ0) is 11.1. The molecule has 0 aromatic carbocycles. The second-order valence-corrected chi connectivity index (χ2v) is 3.89.